The first-order chi connectivity index (χ1) is 11.3. The molecule has 1 atom stereocenters. The Balaban J connectivity index is 1.80. The van der Waals surface area contributed by atoms with Gasteiger partial charge in [-0.05, 0) is 31.4 Å². The highest BCUT2D eigenvalue weighted by Crippen LogP contribution is 2.30. The molecule has 1 aliphatic heterocycles. The van der Waals surface area contributed by atoms with Gasteiger partial charge in [-0.15, -0.1) is 16.8 Å². The zero-order valence-corrected chi connectivity index (χ0v) is 14.5. The average Bonchev–Trinajstić information content (AvgIpc) is 2.97. The fraction of sp³-hybridized carbons (Fsp3) is 0.412. The Morgan fingerprint density at radius 1 is 1.35 bits per heavy atom. The topological polar surface area (TPSA) is 39.9 Å². The van der Waals surface area contributed by atoms with Crippen molar-refractivity contribution in [2.75, 3.05) is 12.4 Å². The maximum Gasteiger partial charge on any atom is 0.191 e. The van der Waals surface area contributed by atoms with E-state index in [1.165, 1.54) is 12.8 Å². The highest BCUT2D eigenvalue weighted by atomic mass is 35.5. The molecule has 0 radical (unpaired) electrons. The monoisotopic (exact) mass is 349 g/mol. The summed E-state index contributed by atoms with van der Waals surface area (Å²) in [5, 5.41) is 10.3. The minimum atomic E-state index is 0.311. The molecule has 0 spiro atoms. The molecule has 0 amide bonds. The molecule has 23 heavy (non-hydrogen) atoms. The van der Waals surface area contributed by atoms with Gasteiger partial charge in [-0.3, -0.25) is 4.57 Å². The Labute approximate surface area is 145 Å². The molecule has 6 heteroatoms. The van der Waals surface area contributed by atoms with E-state index in [9.17, 15) is 0 Å². The summed E-state index contributed by atoms with van der Waals surface area (Å²) in [5.74, 6) is 1.68. The summed E-state index contributed by atoms with van der Waals surface area (Å²) >= 11 is 7.99. The van der Waals surface area contributed by atoms with Gasteiger partial charge >= 0.3 is 0 Å². The van der Waals surface area contributed by atoms with Crippen LogP contribution in [0.2, 0.25) is 5.02 Å². The van der Waals surface area contributed by atoms with Crippen molar-refractivity contribution >= 4 is 23.4 Å². The van der Waals surface area contributed by atoms with Gasteiger partial charge in [-0.2, -0.15) is 0 Å². The number of rotatable bonds is 6. The van der Waals surface area contributed by atoms with Gasteiger partial charge in [0.25, 0.3) is 0 Å². The molecular formula is C17H20ClN3OS. The fourth-order valence-electron chi connectivity index (χ4n) is 2.64. The van der Waals surface area contributed by atoms with Crippen LogP contribution in [0, 0.1) is 0 Å². The molecule has 2 heterocycles. The van der Waals surface area contributed by atoms with Crippen LogP contribution in [0.1, 0.15) is 19.3 Å². The number of aromatic nitrogens is 3. The Morgan fingerprint density at radius 3 is 2.96 bits per heavy atom. The molecular weight excluding hydrogens is 330 g/mol. The van der Waals surface area contributed by atoms with Gasteiger partial charge in [0.05, 0.1) is 11.1 Å². The summed E-state index contributed by atoms with van der Waals surface area (Å²) in [7, 11) is 0. The second kappa shape index (κ2) is 7.99. The second-order valence-corrected chi connectivity index (χ2v) is 6.88. The summed E-state index contributed by atoms with van der Waals surface area (Å²) in [4.78, 5) is 0. The first-order valence-electron chi connectivity index (χ1n) is 7.83. The zero-order chi connectivity index (χ0) is 16.1. The fourth-order valence-corrected chi connectivity index (χ4v) is 3.87. The maximum atomic E-state index is 6.31. The molecule has 1 aromatic carbocycles. The number of benzene rings is 1. The molecule has 1 aromatic heterocycles. The lowest BCUT2D eigenvalue weighted by atomic mass is 10.1. The summed E-state index contributed by atoms with van der Waals surface area (Å²) in [6.45, 7) is 5.37. The number of hydrogen-bond donors (Lipinski definition) is 0. The van der Waals surface area contributed by atoms with Crippen LogP contribution in [0.15, 0.2) is 42.1 Å². The predicted octanol–water partition coefficient (Wildman–Crippen LogP) is 4.45. The first-order valence-corrected chi connectivity index (χ1v) is 9.19. The molecule has 1 fully saturated rings. The molecule has 1 unspecified atom stereocenters. The lowest BCUT2D eigenvalue weighted by molar-refractivity contribution is 0.0315. The number of ether oxygens (including phenoxy) is 1. The predicted molar refractivity (Wildman–Crippen MR) is 95.0 cm³/mol. The van der Waals surface area contributed by atoms with Crippen molar-refractivity contribution < 1.29 is 4.74 Å². The molecule has 2 aromatic rings. The standard InChI is InChI=1S/C17H20ClN3OS/c1-2-10-21-16(14-8-3-4-9-15(14)18)19-20-17(21)23-12-13-7-5-6-11-22-13/h2-4,8-9,13H,1,5-7,10-12H2. The third kappa shape index (κ3) is 3.97. The van der Waals surface area contributed by atoms with Crippen molar-refractivity contribution in [1.82, 2.24) is 14.8 Å². The van der Waals surface area contributed by atoms with Crippen LogP contribution in [-0.4, -0.2) is 33.2 Å². The van der Waals surface area contributed by atoms with Gasteiger partial charge in [-0.25, -0.2) is 0 Å². The van der Waals surface area contributed by atoms with Gasteiger partial charge in [0.1, 0.15) is 0 Å². The van der Waals surface area contributed by atoms with Gasteiger partial charge in [0.2, 0.25) is 0 Å². The number of thioether (sulfide) groups is 1. The van der Waals surface area contributed by atoms with E-state index in [4.69, 9.17) is 16.3 Å². The van der Waals surface area contributed by atoms with E-state index >= 15 is 0 Å². The Bertz CT molecular complexity index is 668. The third-order valence-electron chi connectivity index (χ3n) is 3.82. The number of allylic oxidation sites excluding steroid dienone is 1. The molecule has 3 rings (SSSR count). The van der Waals surface area contributed by atoms with Gasteiger partial charge in [-0.1, -0.05) is 41.6 Å². The number of hydrogen-bond acceptors (Lipinski definition) is 4. The van der Waals surface area contributed by atoms with Gasteiger partial charge in [0.15, 0.2) is 11.0 Å². The highest BCUT2D eigenvalue weighted by molar-refractivity contribution is 7.99. The lowest BCUT2D eigenvalue weighted by Crippen LogP contribution is -2.21. The van der Waals surface area contributed by atoms with Crippen LogP contribution in [0.3, 0.4) is 0 Å². The van der Waals surface area contributed by atoms with Crippen LogP contribution < -0.4 is 0 Å². The SMILES string of the molecule is C=CCn1c(SCC2CCCCO2)nnc1-c1ccccc1Cl. The number of nitrogens with zero attached hydrogens (tertiary/aromatic N) is 3. The first kappa shape index (κ1) is 16.6. The molecule has 0 aliphatic carbocycles. The van der Waals surface area contributed by atoms with E-state index in [-0.39, 0.29) is 0 Å². The van der Waals surface area contributed by atoms with Gasteiger partial charge in [0, 0.05) is 24.5 Å². The Morgan fingerprint density at radius 2 is 2.22 bits per heavy atom. The third-order valence-corrected chi connectivity index (χ3v) is 5.24. The summed E-state index contributed by atoms with van der Waals surface area (Å²) in [5.41, 5.74) is 0.893. The summed E-state index contributed by atoms with van der Waals surface area (Å²) in [6.07, 6.45) is 5.71. The van der Waals surface area contributed by atoms with E-state index in [0.29, 0.717) is 17.7 Å². The molecule has 1 saturated heterocycles. The van der Waals surface area contributed by atoms with Crippen LogP contribution in [0.4, 0.5) is 0 Å². The summed E-state index contributed by atoms with van der Waals surface area (Å²) < 4.78 is 7.85. The van der Waals surface area contributed by atoms with Crippen molar-refractivity contribution in [1.29, 1.82) is 0 Å². The van der Waals surface area contributed by atoms with Crippen LogP contribution >= 0.6 is 23.4 Å². The van der Waals surface area contributed by atoms with E-state index < -0.39 is 0 Å². The van der Waals surface area contributed by atoms with E-state index in [0.717, 1.165) is 35.3 Å². The molecule has 122 valence electrons. The van der Waals surface area contributed by atoms with Gasteiger partial charge < -0.3 is 4.74 Å². The van der Waals surface area contributed by atoms with Crippen molar-refractivity contribution in [3.8, 4) is 11.4 Å². The van der Waals surface area contributed by atoms with Crippen LogP contribution in [0.25, 0.3) is 11.4 Å². The molecule has 4 nitrogen and oxygen atoms in total. The quantitative estimate of drug-likeness (QED) is 0.570. The average molecular weight is 350 g/mol. The zero-order valence-electron chi connectivity index (χ0n) is 12.9. The largest absolute Gasteiger partial charge is 0.377 e. The highest BCUT2D eigenvalue weighted by Gasteiger charge is 2.19. The van der Waals surface area contributed by atoms with Crippen LogP contribution in [-0.2, 0) is 11.3 Å². The van der Waals surface area contributed by atoms with Crippen molar-refractivity contribution in [2.45, 2.75) is 37.1 Å². The maximum absolute atomic E-state index is 6.31. The van der Waals surface area contributed by atoms with Crippen LogP contribution in [0.5, 0.6) is 0 Å². The van der Waals surface area contributed by atoms with Crippen molar-refractivity contribution in [3.05, 3.63) is 41.9 Å². The summed E-state index contributed by atoms with van der Waals surface area (Å²) in [6, 6.07) is 7.70. The Kier molecular flexibility index (Phi) is 5.75. The Hall–Kier alpha value is -1.30. The van der Waals surface area contributed by atoms with Crippen molar-refractivity contribution in [3.63, 3.8) is 0 Å². The molecule has 0 bridgehead atoms. The normalized spacial score (nSPS) is 18.0. The van der Waals surface area contributed by atoms with E-state index in [1.54, 1.807) is 11.8 Å². The van der Waals surface area contributed by atoms with E-state index in [2.05, 4.69) is 21.3 Å². The lowest BCUT2D eigenvalue weighted by Gasteiger charge is -2.21. The minimum absolute atomic E-state index is 0.311. The second-order valence-electron chi connectivity index (χ2n) is 5.48. The minimum Gasteiger partial charge on any atom is -0.377 e. The molecule has 1 aliphatic rings. The smallest absolute Gasteiger partial charge is 0.191 e. The van der Waals surface area contributed by atoms with E-state index in [1.807, 2.05) is 30.3 Å². The van der Waals surface area contributed by atoms with Crippen molar-refractivity contribution in [2.24, 2.45) is 0 Å². The number of halogens is 1. The molecule has 0 N–H and O–H groups in total. The molecule has 0 saturated carbocycles.